The molecule has 3 aromatic rings. The number of rotatable bonds is 3. The molecule has 2 aromatic heterocycles. The Bertz CT molecular complexity index is 1260. The molecule has 0 saturated carbocycles. The first kappa shape index (κ1) is 18.9. The second-order valence-corrected chi connectivity index (χ2v) is 9.04. The van der Waals surface area contributed by atoms with Gasteiger partial charge in [-0.2, -0.15) is 4.68 Å². The summed E-state index contributed by atoms with van der Waals surface area (Å²) in [7, 11) is 0. The molecule has 0 fully saturated rings. The first-order chi connectivity index (χ1) is 14.4. The van der Waals surface area contributed by atoms with E-state index in [1.807, 2.05) is 0 Å². The summed E-state index contributed by atoms with van der Waals surface area (Å²) in [6.07, 6.45) is 2.84. The third-order valence-electron chi connectivity index (χ3n) is 5.79. The normalized spacial score (nSPS) is 18.9. The van der Waals surface area contributed by atoms with Crippen LogP contribution in [0.5, 0.6) is 5.75 Å². The third-order valence-corrected chi connectivity index (χ3v) is 6.93. The molecule has 1 aromatic carbocycles. The van der Waals surface area contributed by atoms with Crippen LogP contribution in [0.2, 0.25) is 0 Å². The highest BCUT2D eigenvalue weighted by molar-refractivity contribution is 7.18. The van der Waals surface area contributed by atoms with E-state index in [1.54, 1.807) is 25.1 Å². The van der Waals surface area contributed by atoms with E-state index < -0.39 is 6.04 Å². The van der Waals surface area contributed by atoms with Crippen LogP contribution < -0.4 is 15.6 Å². The number of aromatic nitrogens is 3. The molecular formula is C21H20N4O4S. The van der Waals surface area contributed by atoms with Gasteiger partial charge in [-0.3, -0.25) is 14.4 Å². The smallest absolute Gasteiger partial charge is 0.279 e. The number of aryl methyl sites for hydroxylation is 1. The third kappa shape index (κ3) is 3.00. The van der Waals surface area contributed by atoms with Crippen molar-refractivity contribution in [1.29, 1.82) is 0 Å². The quantitative estimate of drug-likeness (QED) is 0.649. The van der Waals surface area contributed by atoms with Crippen LogP contribution in [-0.4, -0.2) is 33.3 Å². The summed E-state index contributed by atoms with van der Waals surface area (Å²) >= 11 is 1.53. The van der Waals surface area contributed by atoms with E-state index in [-0.39, 0.29) is 23.9 Å². The molecule has 2 aliphatic rings. The minimum atomic E-state index is -0.828. The first-order valence-corrected chi connectivity index (χ1v) is 10.7. The number of hydrogen-bond donors (Lipinski definition) is 1. The molecular weight excluding hydrogens is 404 g/mol. The maximum atomic E-state index is 13.2. The van der Waals surface area contributed by atoms with Crippen LogP contribution >= 0.6 is 11.3 Å². The summed E-state index contributed by atoms with van der Waals surface area (Å²) in [5, 5.41) is 11.6. The van der Waals surface area contributed by atoms with Gasteiger partial charge in [-0.15, -0.1) is 16.4 Å². The maximum Gasteiger partial charge on any atom is 0.279 e. The van der Waals surface area contributed by atoms with Gasteiger partial charge >= 0.3 is 0 Å². The van der Waals surface area contributed by atoms with Gasteiger partial charge in [0, 0.05) is 10.4 Å². The van der Waals surface area contributed by atoms with Crippen molar-refractivity contribution in [2.45, 2.75) is 39.2 Å². The Kier molecular flexibility index (Phi) is 4.43. The van der Waals surface area contributed by atoms with E-state index in [0.29, 0.717) is 33.1 Å². The van der Waals surface area contributed by atoms with E-state index in [2.05, 4.69) is 22.6 Å². The molecule has 154 valence electrons. The van der Waals surface area contributed by atoms with Crippen molar-refractivity contribution in [3.05, 3.63) is 44.6 Å². The second-order valence-electron chi connectivity index (χ2n) is 7.96. The molecule has 1 N–H and O–H groups in total. The number of nitrogens with one attached hydrogen (secondary N) is 1. The predicted molar refractivity (Wildman–Crippen MR) is 112 cm³/mol. The van der Waals surface area contributed by atoms with Gasteiger partial charge in [0.25, 0.3) is 11.5 Å². The number of ether oxygens (including phenoxy) is 1. The number of ketones is 1. The number of thiophene rings is 1. The van der Waals surface area contributed by atoms with Crippen LogP contribution in [0.3, 0.4) is 0 Å². The number of benzene rings is 1. The molecule has 5 rings (SSSR count). The topological polar surface area (TPSA) is 103 Å². The van der Waals surface area contributed by atoms with Crippen molar-refractivity contribution in [3.8, 4) is 5.75 Å². The molecule has 8 nitrogen and oxygen atoms in total. The largest absolute Gasteiger partial charge is 0.482 e. The molecule has 9 heteroatoms. The molecule has 0 spiro atoms. The van der Waals surface area contributed by atoms with E-state index in [9.17, 15) is 14.4 Å². The predicted octanol–water partition coefficient (Wildman–Crippen LogP) is 2.75. The van der Waals surface area contributed by atoms with Gasteiger partial charge in [0.15, 0.2) is 17.2 Å². The molecule has 30 heavy (non-hydrogen) atoms. The van der Waals surface area contributed by atoms with E-state index in [0.717, 1.165) is 24.8 Å². The summed E-state index contributed by atoms with van der Waals surface area (Å²) in [6, 6.07) is 4.00. The average Bonchev–Trinajstić information content (AvgIpc) is 3.10. The number of hydrogen-bond acceptors (Lipinski definition) is 7. The summed E-state index contributed by atoms with van der Waals surface area (Å²) in [6.45, 7) is 3.80. The lowest BCUT2D eigenvalue weighted by molar-refractivity contribution is -0.118. The summed E-state index contributed by atoms with van der Waals surface area (Å²) in [5.74, 6) is 0.543. The second kappa shape index (κ2) is 7.02. The van der Waals surface area contributed by atoms with Crippen molar-refractivity contribution in [2.75, 3.05) is 11.9 Å². The van der Waals surface area contributed by atoms with E-state index >= 15 is 0 Å². The number of anilines is 1. The summed E-state index contributed by atoms with van der Waals surface area (Å²) in [4.78, 5) is 39.7. The Labute approximate surface area is 175 Å². The van der Waals surface area contributed by atoms with Crippen LogP contribution in [0, 0.1) is 5.92 Å². The summed E-state index contributed by atoms with van der Waals surface area (Å²) in [5.41, 5.74) is 1.60. The zero-order valence-corrected chi connectivity index (χ0v) is 17.4. The standard InChI is InChI=1S/C21H20N4O4S/c1-10-3-5-13-16(7-10)30-20-18(13)21(28)25(24-23-20)11(2)19(27)12-4-6-15-14(8-12)22-17(26)9-29-15/h4,6,8,10-11H,3,5,7,9H2,1-2H3,(H,22,26). The number of carbonyl (C=O) groups excluding carboxylic acids is 2. The van der Waals surface area contributed by atoms with Crippen LogP contribution in [0.4, 0.5) is 5.69 Å². The fraction of sp³-hybridized carbons (Fsp3) is 0.381. The number of amides is 1. The lowest BCUT2D eigenvalue weighted by atomic mass is 9.89. The molecule has 0 bridgehead atoms. The SMILES string of the molecule is CC1CCc2c(sc3nnn(C(C)C(=O)c4ccc5c(c4)NC(=O)CO5)c(=O)c23)C1. The fourth-order valence-electron chi connectivity index (χ4n) is 4.11. The van der Waals surface area contributed by atoms with Gasteiger partial charge in [-0.05, 0) is 55.9 Å². The summed E-state index contributed by atoms with van der Waals surface area (Å²) < 4.78 is 6.51. The first-order valence-electron chi connectivity index (χ1n) is 9.93. The van der Waals surface area contributed by atoms with Crippen LogP contribution in [0.25, 0.3) is 10.2 Å². The van der Waals surface area contributed by atoms with Crippen molar-refractivity contribution in [1.82, 2.24) is 15.0 Å². The maximum absolute atomic E-state index is 13.2. The molecule has 0 radical (unpaired) electrons. The number of fused-ring (bicyclic) bond motifs is 4. The zero-order valence-electron chi connectivity index (χ0n) is 16.6. The number of nitrogens with zero attached hydrogens (tertiary/aromatic N) is 3. The van der Waals surface area contributed by atoms with Crippen LogP contribution in [0.15, 0.2) is 23.0 Å². The minimum Gasteiger partial charge on any atom is -0.482 e. The van der Waals surface area contributed by atoms with Crippen LogP contribution in [-0.2, 0) is 17.6 Å². The van der Waals surface area contributed by atoms with Crippen molar-refractivity contribution >= 4 is 38.9 Å². The average molecular weight is 424 g/mol. The van der Waals surface area contributed by atoms with Gasteiger partial charge in [0.1, 0.15) is 11.8 Å². The van der Waals surface area contributed by atoms with Gasteiger partial charge in [0.2, 0.25) is 0 Å². The number of Topliss-reactive ketones (excluding diaryl/α,β-unsaturated/α-hetero) is 1. The van der Waals surface area contributed by atoms with Gasteiger partial charge in [-0.25, -0.2) is 0 Å². The van der Waals surface area contributed by atoms with Crippen molar-refractivity contribution in [2.24, 2.45) is 5.92 Å². The lowest BCUT2D eigenvalue weighted by Gasteiger charge is -2.19. The van der Waals surface area contributed by atoms with E-state index in [1.165, 1.54) is 20.9 Å². The van der Waals surface area contributed by atoms with E-state index in [4.69, 9.17) is 4.74 Å². The molecule has 1 aliphatic heterocycles. The molecule has 3 heterocycles. The van der Waals surface area contributed by atoms with Crippen molar-refractivity contribution in [3.63, 3.8) is 0 Å². The van der Waals surface area contributed by atoms with Gasteiger partial charge < -0.3 is 10.1 Å². The zero-order chi connectivity index (χ0) is 21.0. The fourth-order valence-corrected chi connectivity index (χ4v) is 5.43. The Morgan fingerprint density at radius 1 is 1.37 bits per heavy atom. The molecule has 1 aliphatic carbocycles. The highest BCUT2D eigenvalue weighted by atomic mass is 32.1. The van der Waals surface area contributed by atoms with Gasteiger partial charge in [0.05, 0.1) is 11.1 Å². The lowest BCUT2D eigenvalue weighted by Crippen LogP contribution is -2.32. The number of carbonyl (C=O) groups is 2. The minimum absolute atomic E-state index is 0.0502. The Hall–Kier alpha value is -3.07. The highest BCUT2D eigenvalue weighted by Crippen LogP contribution is 2.35. The monoisotopic (exact) mass is 424 g/mol. The Morgan fingerprint density at radius 2 is 2.20 bits per heavy atom. The van der Waals surface area contributed by atoms with Crippen molar-refractivity contribution < 1.29 is 14.3 Å². The molecule has 2 unspecified atom stereocenters. The Morgan fingerprint density at radius 3 is 3.03 bits per heavy atom. The molecule has 1 amide bonds. The molecule has 2 atom stereocenters. The van der Waals surface area contributed by atoms with Crippen LogP contribution in [0.1, 0.15) is 47.1 Å². The molecule has 0 saturated heterocycles. The highest BCUT2D eigenvalue weighted by Gasteiger charge is 2.27. The van der Waals surface area contributed by atoms with Gasteiger partial charge in [-0.1, -0.05) is 12.1 Å². The Balaban J connectivity index is 1.52.